The van der Waals surface area contributed by atoms with Crippen LogP contribution in [-0.4, -0.2) is 29.9 Å². The van der Waals surface area contributed by atoms with Crippen LogP contribution in [0.5, 0.6) is 0 Å². The molecular formula is C98H72N6. The van der Waals surface area contributed by atoms with Crippen LogP contribution in [0.2, 0.25) is 0 Å². The van der Waals surface area contributed by atoms with E-state index in [4.69, 9.17) is 29.9 Å². The number of fused-ring (bicyclic) bond motifs is 11. The van der Waals surface area contributed by atoms with Gasteiger partial charge in [0.25, 0.3) is 0 Å². The van der Waals surface area contributed by atoms with Crippen molar-refractivity contribution in [2.75, 3.05) is 0 Å². The summed E-state index contributed by atoms with van der Waals surface area (Å²) in [5.74, 6) is 6.75. The van der Waals surface area contributed by atoms with Gasteiger partial charge in [-0.2, -0.15) is 0 Å². The number of benzene rings is 13. The largest absolute Gasteiger partial charge is 0.208 e. The summed E-state index contributed by atoms with van der Waals surface area (Å²) in [7, 11) is 0. The van der Waals surface area contributed by atoms with Gasteiger partial charge in [-0.15, -0.1) is 0 Å². The molecule has 5 unspecified atom stereocenters. The Morgan fingerprint density at radius 3 is 0.942 bits per heavy atom. The first kappa shape index (κ1) is 60.6. The molecule has 494 valence electrons. The number of hydrogen-bond donors (Lipinski definition) is 0. The molecule has 6 aliphatic carbocycles. The summed E-state index contributed by atoms with van der Waals surface area (Å²) in [6.07, 6.45) is 4.00. The van der Waals surface area contributed by atoms with Crippen molar-refractivity contribution < 1.29 is 0 Å². The second-order valence-electron chi connectivity index (χ2n) is 30.9. The Morgan fingerprint density at radius 2 is 0.519 bits per heavy atom. The van der Waals surface area contributed by atoms with Crippen molar-refractivity contribution in [3.05, 3.63) is 337 Å². The van der Waals surface area contributed by atoms with Gasteiger partial charge in [0.1, 0.15) is 0 Å². The molecule has 0 radical (unpaired) electrons. The van der Waals surface area contributed by atoms with Gasteiger partial charge in [-0.3, -0.25) is 0 Å². The zero-order valence-electron chi connectivity index (χ0n) is 58.5. The van der Waals surface area contributed by atoms with Crippen LogP contribution >= 0.6 is 0 Å². The lowest BCUT2D eigenvalue weighted by atomic mass is 9.25. The maximum absolute atomic E-state index is 5.25. The standard InChI is InChI=1S/C98H72N6/c1-96(2)83-51-69(41-45-76(83)78-48-43-71(53-85(78)96)94-101-90(64-22-13-7-14-23-64)99-92(103-94)66-36-32-60(33-37-66)58-18-9-5-10-19-58)63-30-28-62(29-31-63)68-40-46-80-82(50-68)89-75(26-17-27-81(89)88-57-74-55-73-56-87(80)98(73,74)88)70-42-47-77-79-49-44-72(54-86(79)97(3,4)84(77)52-70)95-102-91(65-24-15-8-16-25-65)100-93(104-95)67-38-34-61(35-39-67)59-20-11-6-12-21-59/h5-54,73-74,87-88H,55-57H2,1-4H3. The van der Waals surface area contributed by atoms with Gasteiger partial charge in [0.05, 0.1) is 0 Å². The molecule has 1 spiro atoms. The molecule has 13 aromatic carbocycles. The third kappa shape index (κ3) is 9.26. The van der Waals surface area contributed by atoms with Crippen LogP contribution in [0, 0.1) is 17.3 Å². The minimum absolute atomic E-state index is 0.280. The van der Waals surface area contributed by atoms with Crippen molar-refractivity contribution in [2.24, 2.45) is 17.3 Å². The number of rotatable bonds is 11. The number of hydrogen-bond acceptors (Lipinski definition) is 6. The van der Waals surface area contributed by atoms with E-state index in [1.165, 1.54) is 119 Å². The van der Waals surface area contributed by atoms with Crippen LogP contribution in [0.25, 0.3) is 157 Å². The molecule has 15 aromatic rings. The van der Waals surface area contributed by atoms with Gasteiger partial charge < -0.3 is 0 Å². The first-order valence-corrected chi connectivity index (χ1v) is 36.9. The highest BCUT2D eigenvalue weighted by molar-refractivity contribution is 5.94. The molecule has 21 rings (SSSR count). The van der Waals surface area contributed by atoms with Gasteiger partial charge in [0.2, 0.25) is 0 Å². The normalized spacial score (nSPS) is 18.8. The van der Waals surface area contributed by atoms with Gasteiger partial charge in [0, 0.05) is 44.2 Å². The van der Waals surface area contributed by atoms with Gasteiger partial charge in [-0.05, 0) is 201 Å². The predicted molar refractivity (Wildman–Crippen MR) is 422 cm³/mol. The van der Waals surface area contributed by atoms with Crippen LogP contribution in [0.4, 0.5) is 0 Å². The molecule has 5 atom stereocenters. The van der Waals surface area contributed by atoms with Crippen molar-refractivity contribution >= 4 is 0 Å². The SMILES string of the molecule is CC1(C)c2cc(-c3ccc(-c4ccc5c(c4)-c4c(-c6ccc7c(c6)C(C)(C)c6cc(-c8nc(-c9ccccc9)nc(-c9ccc(-c%10ccccc%10)cc9)n8)ccc6-7)cccc4C4CC6CC7CC5C764)cc3)ccc2-c2ccc(-c3nc(-c4ccccc4)nc(-c4ccc(-c5ccccc5)cc4)n3)cc21. The molecule has 6 nitrogen and oxygen atoms in total. The summed E-state index contributed by atoms with van der Waals surface area (Å²) in [6, 6.07) is 111. The van der Waals surface area contributed by atoms with Crippen molar-refractivity contribution in [3.8, 4) is 157 Å². The van der Waals surface area contributed by atoms with Crippen molar-refractivity contribution in [1.82, 2.24) is 29.9 Å². The van der Waals surface area contributed by atoms with E-state index in [1.54, 1.807) is 11.1 Å². The predicted octanol–water partition coefficient (Wildman–Crippen LogP) is 24.3. The smallest absolute Gasteiger partial charge is 0.164 e. The monoisotopic (exact) mass is 1330 g/mol. The summed E-state index contributed by atoms with van der Waals surface area (Å²) in [6.45, 7) is 9.53. The second-order valence-corrected chi connectivity index (χ2v) is 30.9. The fourth-order valence-electron chi connectivity index (χ4n) is 19.6. The number of aromatic nitrogens is 6. The molecular weight excluding hydrogens is 1260 g/mol. The fourth-order valence-corrected chi connectivity index (χ4v) is 19.6. The summed E-state index contributed by atoms with van der Waals surface area (Å²) >= 11 is 0. The van der Waals surface area contributed by atoms with E-state index in [2.05, 4.69) is 289 Å². The average Bonchev–Trinajstić information content (AvgIpc) is 1.24. The highest BCUT2D eigenvalue weighted by Gasteiger charge is 2.76. The fraction of sp³-hybridized carbons (Fsp3) is 0.143. The summed E-state index contributed by atoms with van der Waals surface area (Å²) in [4.78, 5) is 31.0. The van der Waals surface area contributed by atoms with E-state index in [-0.39, 0.29) is 10.8 Å². The third-order valence-electron chi connectivity index (χ3n) is 25.0. The van der Waals surface area contributed by atoms with E-state index in [0.29, 0.717) is 52.2 Å². The molecule has 6 aliphatic rings. The van der Waals surface area contributed by atoms with E-state index in [9.17, 15) is 0 Å². The molecule has 2 aromatic heterocycles. The maximum atomic E-state index is 5.25. The highest BCUT2D eigenvalue weighted by Crippen LogP contribution is 2.86. The Balaban J connectivity index is 0.592. The van der Waals surface area contributed by atoms with Crippen molar-refractivity contribution in [2.45, 2.75) is 69.6 Å². The van der Waals surface area contributed by atoms with Gasteiger partial charge in [-0.25, -0.2) is 29.9 Å². The first-order valence-electron chi connectivity index (χ1n) is 36.9. The summed E-state index contributed by atoms with van der Waals surface area (Å²) < 4.78 is 0. The lowest BCUT2D eigenvalue weighted by Gasteiger charge is -2.78. The van der Waals surface area contributed by atoms with Crippen LogP contribution < -0.4 is 0 Å². The lowest BCUT2D eigenvalue weighted by Crippen LogP contribution is -2.70. The average molecular weight is 1330 g/mol. The molecule has 0 bridgehead atoms. The Morgan fingerprint density at radius 1 is 0.221 bits per heavy atom. The van der Waals surface area contributed by atoms with Crippen LogP contribution in [0.15, 0.2) is 303 Å². The van der Waals surface area contributed by atoms with E-state index >= 15 is 0 Å². The molecule has 3 saturated carbocycles. The third-order valence-corrected chi connectivity index (χ3v) is 25.0. The molecule has 104 heavy (non-hydrogen) atoms. The molecule has 2 heterocycles. The van der Waals surface area contributed by atoms with Gasteiger partial charge >= 0.3 is 0 Å². The molecule has 0 aliphatic heterocycles. The summed E-state index contributed by atoms with van der Waals surface area (Å²) in [5, 5.41) is 0. The second kappa shape index (κ2) is 22.9. The van der Waals surface area contributed by atoms with Gasteiger partial charge in [0.15, 0.2) is 34.9 Å². The van der Waals surface area contributed by atoms with Crippen LogP contribution in [0.1, 0.15) is 92.2 Å². The quantitative estimate of drug-likeness (QED) is 0.128. The van der Waals surface area contributed by atoms with Gasteiger partial charge in [-0.1, -0.05) is 301 Å². The minimum atomic E-state index is -0.302. The zero-order valence-corrected chi connectivity index (χ0v) is 58.5. The van der Waals surface area contributed by atoms with E-state index in [0.717, 1.165) is 56.3 Å². The lowest BCUT2D eigenvalue weighted by molar-refractivity contribution is -0.252. The Labute approximate surface area is 607 Å². The van der Waals surface area contributed by atoms with Crippen LogP contribution in [-0.2, 0) is 10.8 Å². The maximum Gasteiger partial charge on any atom is 0.164 e. The van der Waals surface area contributed by atoms with Crippen LogP contribution in [0.3, 0.4) is 0 Å². The van der Waals surface area contributed by atoms with E-state index < -0.39 is 0 Å². The molecule has 6 heteroatoms. The number of nitrogens with zero attached hydrogens (tertiary/aromatic N) is 6. The minimum Gasteiger partial charge on any atom is -0.208 e. The molecule has 0 amide bonds. The topological polar surface area (TPSA) is 77.3 Å². The Hall–Kier alpha value is -12.1. The zero-order chi connectivity index (χ0) is 69.2. The van der Waals surface area contributed by atoms with E-state index in [1.807, 2.05) is 42.5 Å². The van der Waals surface area contributed by atoms with Crippen molar-refractivity contribution in [1.29, 1.82) is 0 Å². The Bertz CT molecular complexity index is 6000. The highest BCUT2D eigenvalue weighted by atomic mass is 15.0. The first-order chi connectivity index (χ1) is 51.0. The summed E-state index contributed by atoms with van der Waals surface area (Å²) in [5.41, 5.74) is 34.0. The van der Waals surface area contributed by atoms with Crippen molar-refractivity contribution in [3.63, 3.8) is 0 Å². The molecule has 0 N–H and O–H groups in total. The molecule has 0 saturated heterocycles. The molecule has 3 fully saturated rings. The Kier molecular flexibility index (Phi) is 13.4.